The molecular formula is C13H16BrN. The zero-order valence-electron chi connectivity index (χ0n) is 9.09. The fourth-order valence-electron chi connectivity index (χ4n) is 1.61. The van der Waals surface area contributed by atoms with Crippen LogP contribution < -0.4 is 0 Å². The molecular weight excluding hydrogens is 250 g/mol. The van der Waals surface area contributed by atoms with Crippen LogP contribution in [-0.2, 0) is 6.42 Å². The molecule has 1 rings (SSSR count). The van der Waals surface area contributed by atoms with E-state index >= 15 is 0 Å². The number of benzene rings is 1. The highest BCUT2D eigenvalue weighted by Crippen LogP contribution is 2.18. The van der Waals surface area contributed by atoms with E-state index in [9.17, 15) is 0 Å². The molecule has 0 saturated heterocycles. The molecule has 2 heteroatoms. The van der Waals surface area contributed by atoms with Crippen LogP contribution in [0.15, 0.2) is 22.7 Å². The van der Waals surface area contributed by atoms with Crippen LogP contribution >= 0.6 is 15.9 Å². The maximum absolute atomic E-state index is 8.97. The number of hydrogen-bond acceptors (Lipinski definition) is 1. The molecule has 0 aliphatic carbocycles. The second-order valence-corrected chi connectivity index (χ2v) is 4.64. The molecule has 0 amide bonds. The molecule has 0 atom stereocenters. The summed E-state index contributed by atoms with van der Waals surface area (Å²) in [5.41, 5.74) is 1.98. The first-order valence-electron chi connectivity index (χ1n) is 5.46. The van der Waals surface area contributed by atoms with E-state index in [0.29, 0.717) is 0 Å². The van der Waals surface area contributed by atoms with Gasteiger partial charge in [0.15, 0.2) is 0 Å². The van der Waals surface area contributed by atoms with Gasteiger partial charge in [-0.1, -0.05) is 48.2 Å². The van der Waals surface area contributed by atoms with Crippen LogP contribution in [0, 0.1) is 11.3 Å². The minimum atomic E-state index is 0.806. The van der Waals surface area contributed by atoms with Gasteiger partial charge in [-0.3, -0.25) is 0 Å². The van der Waals surface area contributed by atoms with Crippen LogP contribution in [-0.4, -0.2) is 0 Å². The molecule has 0 N–H and O–H groups in total. The molecule has 0 aliphatic rings. The van der Waals surface area contributed by atoms with Crippen molar-refractivity contribution in [1.29, 1.82) is 5.26 Å². The first-order chi connectivity index (χ1) is 7.27. The molecule has 1 aromatic rings. The predicted octanol–water partition coefficient (Wildman–Crippen LogP) is 4.44. The number of rotatable bonds is 5. The van der Waals surface area contributed by atoms with Gasteiger partial charge in [0.1, 0.15) is 0 Å². The fraction of sp³-hybridized carbons (Fsp3) is 0.462. The normalized spacial score (nSPS) is 9.93. The van der Waals surface area contributed by atoms with Gasteiger partial charge in [0.25, 0.3) is 0 Å². The SMILES string of the molecule is CCCCCCc1ccc(Br)cc1C#N. The lowest BCUT2D eigenvalue weighted by Crippen LogP contribution is -1.90. The number of unbranched alkanes of at least 4 members (excludes halogenated alkanes) is 3. The van der Waals surface area contributed by atoms with Gasteiger partial charge in [0.2, 0.25) is 0 Å². The van der Waals surface area contributed by atoms with Gasteiger partial charge in [0.05, 0.1) is 11.6 Å². The summed E-state index contributed by atoms with van der Waals surface area (Å²) in [5.74, 6) is 0. The lowest BCUT2D eigenvalue weighted by atomic mass is 10.0. The second-order valence-electron chi connectivity index (χ2n) is 3.72. The summed E-state index contributed by atoms with van der Waals surface area (Å²) in [6, 6.07) is 8.21. The van der Waals surface area contributed by atoms with Gasteiger partial charge in [-0.15, -0.1) is 0 Å². The van der Waals surface area contributed by atoms with Crippen LogP contribution in [0.3, 0.4) is 0 Å². The van der Waals surface area contributed by atoms with Crippen LogP contribution in [0.1, 0.15) is 43.7 Å². The smallest absolute Gasteiger partial charge is 0.0994 e. The average Bonchev–Trinajstić information content (AvgIpc) is 2.26. The molecule has 0 heterocycles. The minimum Gasteiger partial charge on any atom is -0.192 e. The van der Waals surface area contributed by atoms with E-state index in [1.54, 1.807) is 0 Å². The Balaban J connectivity index is 2.57. The summed E-state index contributed by atoms with van der Waals surface area (Å²) >= 11 is 3.38. The van der Waals surface area contributed by atoms with Crippen molar-refractivity contribution in [1.82, 2.24) is 0 Å². The Kier molecular flexibility index (Phi) is 5.42. The van der Waals surface area contributed by atoms with Crippen molar-refractivity contribution in [2.45, 2.75) is 39.0 Å². The fourth-order valence-corrected chi connectivity index (χ4v) is 1.97. The summed E-state index contributed by atoms with van der Waals surface area (Å²) < 4.78 is 0.983. The van der Waals surface area contributed by atoms with E-state index in [-0.39, 0.29) is 0 Å². The van der Waals surface area contributed by atoms with Crippen LogP contribution in [0.5, 0.6) is 0 Å². The van der Waals surface area contributed by atoms with Gasteiger partial charge in [-0.25, -0.2) is 0 Å². The maximum Gasteiger partial charge on any atom is 0.0994 e. The van der Waals surface area contributed by atoms with Crippen molar-refractivity contribution >= 4 is 15.9 Å². The summed E-state index contributed by atoms with van der Waals surface area (Å²) in [7, 11) is 0. The van der Waals surface area contributed by atoms with Gasteiger partial charge >= 0.3 is 0 Å². The van der Waals surface area contributed by atoms with Crippen molar-refractivity contribution in [2.24, 2.45) is 0 Å². The predicted molar refractivity (Wildman–Crippen MR) is 66.7 cm³/mol. The molecule has 0 bridgehead atoms. The zero-order chi connectivity index (χ0) is 11.1. The van der Waals surface area contributed by atoms with Gasteiger partial charge in [-0.2, -0.15) is 5.26 Å². The number of nitriles is 1. The third kappa shape index (κ3) is 4.05. The molecule has 15 heavy (non-hydrogen) atoms. The Morgan fingerprint density at radius 1 is 1.27 bits per heavy atom. The van der Waals surface area contributed by atoms with Crippen molar-refractivity contribution in [2.75, 3.05) is 0 Å². The molecule has 0 unspecified atom stereocenters. The third-order valence-corrected chi connectivity index (χ3v) is 2.99. The number of aryl methyl sites for hydroxylation is 1. The van der Waals surface area contributed by atoms with E-state index in [4.69, 9.17) is 5.26 Å². The lowest BCUT2D eigenvalue weighted by molar-refractivity contribution is 0.666. The highest BCUT2D eigenvalue weighted by Gasteiger charge is 2.02. The molecule has 0 radical (unpaired) electrons. The van der Waals surface area contributed by atoms with Crippen molar-refractivity contribution in [3.05, 3.63) is 33.8 Å². The van der Waals surface area contributed by atoms with Gasteiger partial charge in [0, 0.05) is 4.47 Å². The van der Waals surface area contributed by atoms with E-state index in [2.05, 4.69) is 35.0 Å². The molecule has 1 nitrogen and oxygen atoms in total. The zero-order valence-corrected chi connectivity index (χ0v) is 10.7. The number of nitrogens with zero attached hydrogens (tertiary/aromatic N) is 1. The summed E-state index contributed by atoms with van der Waals surface area (Å²) in [6.45, 7) is 2.21. The Hall–Kier alpha value is -0.810. The molecule has 0 spiro atoms. The first kappa shape index (κ1) is 12.3. The maximum atomic E-state index is 8.97. The topological polar surface area (TPSA) is 23.8 Å². The Labute approximate surface area is 100 Å². The van der Waals surface area contributed by atoms with E-state index < -0.39 is 0 Å². The minimum absolute atomic E-state index is 0.806. The van der Waals surface area contributed by atoms with Crippen molar-refractivity contribution < 1.29 is 0 Å². The number of hydrogen-bond donors (Lipinski definition) is 0. The van der Waals surface area contributed by atoms with Crippen LogP contribution in [0.2, 0.25) is 0 Å². The lowest BCUT2D eigenvalue weighted by Gasteiger charge is -2.04. The average molecular weight is 266 g/mol. The Bertz CT molecular complexity index is 352. The third-order valence-electron chi connectivity index (χ3n) is 2.49. The molecule has 80 valence electrons. The van der Waals surface area contributed by atoms with Gasteiger partial charge < -0.3 is 0 Å². The molecule has 0 aromatic heterocycles. The van der Waals surface area contributed by atoms with Crippen LogP contribution in [0.4, 0.5) is 0 Å². The standard InChI is InChI=1S/C13H16BrN/c1-2-3-4-5-6-11-7-8-13(14)9-12(11)10-15/h7-9H,2-6H2,1H3. The van der Waals surface area contributed by atoms with Gasteiger partial charge in [-0.05, 0) is 30.5 Å². The second kappa shape index (κ2) is 6.63. The number of halogens is 1. The Morgan fingerprint density at radius 2 is 2.07 bits per heavy atom. The molecule has 0 fully saturated rings. The summed E-state index contributed by atoms with van der Waals surface area (Å²) in [4.78, 5) is 0. The first-order valence-corrected chi connectivity index (χ1v) is 6.25. The van der Waals surface area contributed by atoms with Crippen molar-refractivity contribution in [3.8, 4) is 6.07 Å². The van der Waals surface area contributed by atoms with E-state index in [1.807, 2.05) is 12.1 Å². The quantitative estimate of drug-likeness (QED) is 0.722. The Morgan fingerprint density at radius 3 is 2.73 bits per heavy atom. The van der Waals surface area contributed by atoms with E-state index in [1.165, 1.54) is 31.2 Å². The largest absolute Gasteiger partial charge is 0.192 e. The van der Waals surface area contributed by atoms with Crippen molar-refractivity contribution in [3.63, 3.8) is 0 Å². The molecule has 0 aliphatic heterocycles. The summed E-state index contributed by atoms with van der Waals surface area (Å²) in [5, 5.41) is 8.97. The summed E-state index contributed by atoms with van der Waals surface area (Å²) in [6.07, 6.45) is 6.02. The monoisotopic (exact) mass is 265 g/mol. The highest BCUT2D eigenvalue weighted by molar-refractivity contribution is 9.10. The molecule has 1 aromatic carbocycles. The highest BCUT2D eigenvalue weighted by atomic mass is 79.9. The molecule has 0 saturated carbocycles. The van der Waals surface area contributed by atoms with E-state index in [0.717, 1.165) is 16.5 Å². The van der Waals surface area contributed by atoms with Crippen LogP contribution in [0.25, 0.3) is 0 Å².